The number of aliphatic carboxylic acids is 1. The summed E-state index contributed by atoms with van der Waals surface area (Å²) in [6, 6.07) is 23.2. The van der Waals surface area contributed by atoms with Crippen LogP contribution in [0.15, 0.2) is 72.8 Å². The fourth-order valence-corrected chi connectivity index (χ4v) is 5.84. The molecule has 0 aromatic heterocycles. The molecule has 0 aliphatic carbocycles. The Morgan fingerprint density at radius 1 is 0.967 bits per heavy atom. The van der Waals surface area contributed by atoms with Gasteiger partial charge >= 0.3 is 5.97 Å². The average molecular weight is 424 g/mol. The molecule has 0 aliphatic heterocycles. The number of rotatable bonds is 8. The predicted octanol–water partition coefficient (Wildman–Crippen LogP) is 6.28. The van der Waals surface area contributed by atoms with E-state index in [0.717, 1.165) is 21.9 Å². The maximum atomic E-state index is 13.6. The first kappa shape index (κ1) is 22.3. The molecular weight excluding hydrogens is 395 g/mol. The minimum atomic E-state index is -3.68. The molecule has 4 nitrogen and oxygen atoms in total. The molecule has 0 saturated heterocycles. The van der Waals surface area contributed by atoms with E-state index in [1.54, 1.807) is 20.8 Å². The molecule has 0 saturated carbocycles. The minimum Gasteiger partial charge on any atom is -0.481 e. The van der Waals surface area contributed by atoms with Gasteiger partial charge in [-0.15, -0.1) is 0 Å². The lowest BCUT2D eigenvalue weighted by atomic mass is 9.80. The molecule has 30 heavy (non-hydrogen) atoms. The molecule has 3 rings (SSSR count). The van der Waals surface area contributed by atoms with Crippen molar-refractivity contribution < 1.29 is 19.4 Å². The largest absolute Gasteiger partial charge is 0.481 e. The van der Waals surface area contributed by atoms with E-state index < -0.39 is 24.4 Å². The van der Waals surface area contributed by atoms with Gasteiger partial charge in [0.15, 0.2) is 0 Å². The van der Waals surface area contributed by atoms with Gasteiger partial charge < -0.3 is 10.00 Å². The van der Waals surface area contributed by atoms with Crippen molar-refractivity contribution in [3.8, 4) is 0 Å². The number of carboxylic acids is 1. The van der Waals surface area contributed by atoms with Gasteiger partial charge in [-0.3, -0.25) is 9.36 Å². The highest BCUT2D eigenvalue weighted by Gasteiger charge is 2.46. The molecule has 0 amide bonds. The molecule has 0 bridgehead atoms. The maximum Gasteiger partial charge on any atom is 0.306 e. The first-order valence-electron chi connectivity index (χ1n) is 10.2. The fraction of sp³-hybridized carbons (Fsp3) is 0.320. The second-order valence-corrected chi connectivity index (χ2v) is 11.5. The summed E-state index contributed by atoms with van der Waals surface area (Å²) in [5.74, 6) is -1.90. The van der Waals surface area contributed by atoms with Crippen LogP contribution in [-0.4, -0.2) is 21.1 Å². The molecule has 0 aliphatic rings. The highest BCUT2D eigenvalue weighted by Crippen LogP contribution is 2.63. The highest BCUT2D eigenvalue weighted by atomic mass is 31.2. The second kappa shape index (κ2) is 8.75. The third-order valence-corrected chi connectivity index (χ3v) is 9.09. The molecule has 0 spiro atoms. The molecule has 5 heteroatoms. The van der Waals surface area contributed by atoms with Crippen molar-refractivity contribution in [2.75, 3.05) is 0 Å². The molecule has 3 atom stereocenters. The van der Waals surface area contributed by atoms with Gasteiger partial charge in [-0.1, -0.05) is 93.6 Å². The molecule has 0 radical (unpaired) electrons. The molecule has 0 heterocycles. The second-order valence-electron chi connectivity index (χ2n) is 8.63. The normalized spacial score (nSPS) is 16.0. The molecule has 2 N–H and O–H groups in total. The van der Waals surface area contributed by atoms with E-state index in [0.29, 0.717) is 6.42 Å². The summed E-state index contributed by atoms with van der Waals surface area (Å²) in [4.78, 5) is 22.8. The van der Waals surface area contributed by atoms with E-state index in [1.165, 1.54) is 0 Å². The Morgan fingerprint density at radius 2 is 1.57 bits per heavy atom. The van der Waals surface area contributed by atoms with Crippen LogP contribution in [0.2, 0.25) is 0 Å². The van der Waals surface area contributed by atoms with Gasteiger partial charge in [0.1, 0.15) is 0 Å². The third-order valence-electron chi connectivity index (χ3n) is 6.18. The topological polar surface area (TPSA) is 74.6 Å². The van der Waals surface area contributed by atoms with Gasteiger partial charge in [0.05, 0.1) is 12.1 Å². The first-order valence-corrected chi connectivity index (χ1v) is 12.0. The zero-order chi connectivity index (χ0) is 21.9. The summed E-state index contributed by atoms with van der Waals surface area (Å²) >= 11 is 0. The van der Waals surface area contributed by atoms with Crippen molar-refractivity contribution in [1.82, 2.24) is 0 Å². The van der Waals surface area contributed by atoms with Crippen molar-refractivity contribution in [1.29, 1.82) is 0 Å². The van der Waals surface area contributed by atoms with Crippen LogP contribution in [0.5, 0.6) is 0 Å². The van der Waals surface area contributed by atoms with Crippen molar-refractivity contribution in [3.05, 3.63) is 83.9 Å². The zero-order valence-corrected chi connectivity index (χ0v) is 18.5. The lowest BCUT2D eigenvalue weighted by Gasteiger charge is -2.39. The van der Waals surface area contributed by atoms with Gasteiger partial charge in [0, 0.05) is 5.16 Å². The first-order chi connectivity index (χ1) is 14.1. The Kier molecular flexibility index (Phi) is 6.50. The molecule has 158 valence electrons. The summed E-state index contributed by atoms with van der Waals surface area (Å²) in [6.07, 6.45) is 0.354. The van der Waals surface area contributed by atoms with E-state index in [2.05, 4.69) is 0 Å². The number of benzene rings is 3. The lowest BCUT2D eigenvalue weighted by molar-refractivity contribution is -0.141. The van der Waals surface area contributed by atoms with Crippen LogP contribution >= 0.6 is 7.37 Å². The summed E-state index contributed by atoms with van der Waals surface area (Å²) in [5, 5.41) is 10.6. The predicted molar refractivity (Wildman–Crippen MR) is 122 cm³/mol. The van der Waals surface area contributed by atoms with Crippen LogP contribution in [0.3, 0.4) is 0 Å². The lowest BCUT2D eigenvalue weighted by Crippen LogP contribution is -2.32. The Bertz CT molecular complexity index is 1070. The van der Waals surface area contributed by atoms with E-state index >= 15 is 0 Å². The van der Waals surface area contributed by atoms with Crippen molar-refractivity contribution in [3.63, 3.8) is 0 Å². The van der Waals surface area contributed by atoms with Crippen LogP contribution in [0, 0.1) is 5.92 Å². The Labute approximate surface area is 178 Å². The summed E-state index contributed by atoms with van der Waals surface area (Å²) < 4.78 is 13.6. The summed E-state index contributed by atoms with van der Waals surface area (Å²) in [6.45, 7) is 5.25. The monoisotopic (exact) mass is 424 g/mol. The van der Waals surface area contributed by atoms with E-state index in [-0.39, 0.29) is 12.1 Å². The van der Waals surface area contributed by atoms with Gasteiger partial charge in [0.2, 0.25) is 7.37 Å². The highest BCUT2D eigenvalue weighted by molar-refractivity contribution is 7.58. The molecular formula is C25H29O4P. The zero-order valence-electron chi connectivity index (χ0n) is 17.7. The Hall–Kier alpha value is -2.42. The van der Waals surface area contributed by atoms with Crippen LogP contribution in [0.4, 0.5) is 0 Å². The standard InChI is InChI=1S/C25H29O4P/c1-18(24(26)27)15-23(22-14-13-20-11-7-8-12-21(20)16-22)25(2,3)30(28,29)17-19-9-5-4-6-10-19/h4-14,16,18,23H,15,17H2,1-3H3,(H,26,27)(H,28,29). The SMILES string of the molecule is CC(CC(c1ccc2ccccc2c1)C(C)(C)P(=O)(O)Cc1ccccc1)C(=O)O. The number of fused-ring (bicyclic) bond motifs is 1. The van der Waals surface area contributed by atoms with Crippen LogP contribution in [0.25, 0.3) is 10.8 Å². The summed E-state index contributed by atoms with van der Waals surface area (Å²) in [7, 11) is -3.68. The Morgan fingerprint density at radius 3 is 2.20 bits per heavy atom. The molecule has 3 unspecified atom stereocenters. The van der Waals surface area contributed by atoms with Crippen LogP contribution < -0.4 is 0 Å². The van der Waals surface area contributed by atoms with Crippen molar-refractivity contribution in [2.24, 2.45) is 5.92 Å². The van der Waals surface area contributed by atoms with Crippen LogP contribution in [0.1, 0.15) is 44.2 Å². The quantitative estimate of drug-likeness (QED) is 0.417. The number of hydrogen-bond acceptors (Lipinski definition) is 2. The molecule has 0 fully saturated rings. The van der Waals surface area contributed by atoms with E-state index in [1.807, 2.05) is 72.8 Å². The van der Waals surface area contributed by atoms with Gasteiger partial charge in [-0.05, 0) is 34.2 Å². The molecule has 3 aromatic rings. The van der Waals surface area contributed by atoms with E-state index in [4.69, 9.17) is 0 Å². The molecule has 3 aromatic carbocycles. The van der Waals surface area contributed by atoms with Crippen molar-refractivity contribution >= 4 is 24.1 Å². The smallest absolute Gasteiger partial charge is 0.306 e. The van der Waals surface area contributed by atoms with Crippen molar-refractivity contribution in [2.45, 2.75) is 44.4 Å². The summed E-state index contributed by atoms with van der Waals surface area (Å²) in [5.41, 5.74) is 1.70. The number of carboxylic acid groups (broad SMARTS) is 1. The van der Waals surface area contributed by atoms with Crippen LogP contribution in [-0.2, 0) is 15.5 Å². The Balaban J connectivity index is 2.04. The maximum absolute atomic E-state index is 13.6. The number of carbonyl (C=O) groups is 1. The minimum absolute atomic E-state index is 0.0619. The van der Waals surface area contributed by atoms with Gasteiger partial charge in [0.25, 0.3) is 0 Å². The fourth-order valence-electron chi connectivity index (χ4n) is 3.99. The average Bonchev–Trinajstić information content (AvgIpc) is 2.71. The third kappa shape index (κ3) is 4.66. The van der Waals surface area contributed by atoms with E-state index in [9.17, 15) is 19.4 Å². The number of hydrogen-bond donors (Lipinski definition) is 2. The van der Waals surface area contributed by atoms with Gasteiger partial charge in [-0.25, -0.2) is 0 Å². The van der Waals surface area contributed by atoms with Gasteiger partial charge in [-0.2, -0.15) is 0 Å².